The summed E-state index contributed by atoms with van der Waals surface area (Å²) in [6.45, 7) is 1.85. The number of amides is 3. The molecule has 0 aliphatic carbocycles. The summed E-state index contributed by atoms with van der Waals surface area (Å²) >= 11 is 7.08. The summed E-state index contributed by atoms with van der Waals surface area (Å²) in [5.41, 5.74) is 2.10. The first-order chi connectivity index (χ1) is 12.5. The molecule has 2 aromatic carbocycles. The second-order valence-electron chi connectivity index (χ2n) is 5.91. The van der Waals surface area contributed by atoms with Crippen LogP contribution in [0.5, 0.6) is 0 Å². The molecule has 134 valence electrons. The highest BCUT2D eigenvalue weighted by molar-refractivity contribution is 8.01. The third-order valence-corrected chi connectivity index (χ3v) is 5.43. The number of para-hydroxylation sites is 1. The largest absolute Gasteiger partial charge is 0.325 e. The van der Waals surface area contributed by atoms with Gasteiger partial charge in [0.25, 0.3) is 0 Å². The van der Waals surface area contributed by atoms with E-state index in [-0.39, 0.29) is 29.9 Å². The number of thioether (sulfide) groups is 1. The van der Waals surface area contributed by atoms with Crippen molar-refractivity contribution in [2.24, 2.45) is 0 Å². The monoisotopic (exact) mass is 388 g/mol. The van der Waals surface area contributed by atoms with Crippen LogP contribution in [-0.4, -0.2) is 28.7 Å². The fourth-order valence-electron chi connectivity index (χ4n) is 2.71. The number of nitrogens with zero attached hydrogens (tertiary/aromatic N) is 1. The number of imide groups is 1. The van der Waals surface area contributed by atoms with Crippen LogP contribution >= 0.6 is 23.4 Å². The molecular weight excluding hydrogens is 372 g/mol. The van der Waals surface area contributed by atoms with E-state index in [1.807, 2.05) is 13.0 Å². The lowest BCUT2D eigenvalue weighted by Gasteiger charge is -2.14. The molecule has 0 bridgehead atoms. The molecule has 1 heterocycles. The molecule has 26 heavy (non-hydrogen) atoms. The van der Waals surface area contributed by atoms with Crippen molar-refractivity contribution in [1.82, 2.24) is 0 Å². The highest BCUT2D eigenvalue weighted by Gasteiger charge is 2.39. The number of hydrogen-bond donors (Lipinski definition) is 1. The van der Waals surface area contributed by atoms with Gasteiger partial charge in [-0.1, -0.05) is 29.8 Å². The second kappa shape index (κ2) is 7.93. The summed E-state index contributed by atoms with van der Waals surface area (Å²) in [6, 6.07) is 14.0. The minimum absolute atomic E-state index is 0.0916. The molecule has 1 atom stereocenters. The van der Waals surface area contributed by atoms with Crippen LogP contribution in [0.25, 0.3) is 0 Å². The number of benzene rings is 2. The molecular formula is C19H17ClN2O3S. The molecule has 0 aromatic heterocycles. The predicted octanol–water partition coefficient (Wildman–Crippen LogP) is 3.65. The Kier molecular flexibility index (Phi) is 5.64. The van der Waals surface area contributed by atoms with Gasteiger partial charge in [0.1, 0.15) is 0 Å². The Morgan fingerprint density at radius 2 is 1.96 bits per heavy atom. The molecule has 2 aromatic rings. The quantitative estimate of drug-likeness (QED) is 0.794. The summed E-state index contributed by atoms with van der Waals surface area (Å²) < 4.78 is 0. The molecule has 7 heteroatoms. The number of nitrogens with one attached hydrogen (secondary N) is 1. The zero-order valence-corrected chi connectivity index (χ0v) is 15.6. The van der Waals surface area contributed by atoms with Crippen LogP contribution in [0, 0.1) is 6.92 Å². The van der Waals surface area contributed by atoms with Gasteiger partial charge in [0.2, 0.25) is 17.7 Å². The van der Waals surface area contributed by atoms with E-state index in [9.17, 15) is 14.4 Å². The van der Waals surface area contributed by atoms with Gasteiger partial charge in [0, 0.05) is 17.1 Å². The van der Waals surface area contributed by atoms with Gasteiger partial charge in [-0.05, 0) is 42.8 Å². The van der Waals surface area contributed by atoms with Crippen LogP contribution in [-0.2, 0) is 14.4 Å². The van der Waals surface area contributed by atoms with Crippen LogP contribution in [0.15, 0.2) is 48.5 Å². The Bertz CT molecular complexity index is 857. The van der Waals surface area contributed by atoms with Crippen LogP contribution < -0.4 is 10.2 Å². The molecule has 3 rings (SSSR count). The minimum atomic E-state index is -0.542. The van der Waals surface area contributed by atoms with Crippen molar-refractivity contribution in [3.05, 3.63) is 59.1 Å². The predicted molar refractivity (Wildman–Crippen MR) is 105 cm³/mol. The van der Waals surface area contributed by atoms with E-state index in [0.29, 0.717) is 16.4 Å². The zero-order chi connectivity index (χ0) is 18.7. The smallest absolute Gasteiger partial charge is 0.247 e. The summed E-state index contributed by atoms with van der Waals surface area (Å²) in [5, 5.41) is 2.86. The van der Waals surface area contributed by atoms with Crippen LogP contribution in [0.1, 0.15) is 12.0 Å². The lowest BCUT2D eigenvalue weighted by Crippen LogP contribution is -2.31. The van der Waals surface area contributed by atoms with Crippen molar-refractivity contribution in [3.63, 3.8) is 0 Å². The van der Waals surface area contributed by atoms with Crippen molar-refractivity contribution >= 4 is 52.5 Å². The molecule has 1 saturated heterocycles. The maximum absolute atomic E-state index is 12.5. The fraction of sp³-hybridized carbons (Fsp3) is 0.211. The molecule has 0 saturated carbocycles. The average molecular weight is 389 g/mol. The number of carbonyl (C=O) groups is 3. The molecule has 1 unspecified atom stereocenters. The van der Waals surface area contributed by atoms with Crippen LogP contribution in [0.3, 0.4) is 0 Å². The molecule has 1 aliphatic rings. The SMILES string of the molecule is Cc1cc(Cl)ccc1NC(=O)CSC1CC(=O)N(c2ccccc2)C1=O. The number of halogens is 1. The van der Waals surface area contributed by atoms with Crippen molar-refractivity contribution in [2.75, 3.05) is 16.0 Å². The highest BCUT2D eigenvalue weighted by atomic mass is 35.5. The fourth-order valence-corrected chi connectivity index (χ4v) is 3.87. The van der Waals surface area contributed by atoms with Crippen molar-refractivity contribution in [2.45, 2.75) is 18.6 Å². The van der Waals surface area contributed by atoms with E-state index >= 15 is 0 Å². The molecule has 5 nitrogen and oxygen atoms in total. The second-order valence-corrected chi connectivity index (χ2v) is 7.54. The Morgan fingerprint density at radius 3 is 2.65 bits per heavy atom. The first-order valence-corrected chi connectivity index (χ1v) is 9.48. The van der Waals surface area contributed by atoms with E-state index in [1.165, 1.54) is 16.7 Å². The standard InChI is InChI=1S/C19H17ClN2O3S/c1-12-9-13(20)7-8-15(12)21-17(23)11-26-16-10-18(24)22(19(16)25)14-5-3-2-4-6-14/h2-9,16H,10-11H2,1H3,(H,21,23). The average Bonchev–Trinajstić information content (AvgIpc) is 2.90. The Balaban J connectivity index is 1.59. The van der Waals surface area contributed by atoms with Gasteiger partial charge in [0.15, 0.2) is 0 Å². The lowest BCUT2D eigenvalue weighted by molar-refractivity contribution is -0.121. The summed E-state index contributed by atoms with van der Waals surface area (Å²) in [7, 11) is 0. The molecule has 1 N–H and O–H groups in total. The maximum atomic E-state index is 12.5. The van der Waals surface area contributed by atoms with Gasteiger partial charge >= 0.3 is 0 Å². The Morgan fingerprint density at radius 1 is 1.23 bits per heavy atom. The lowest BCUT2D eigenvalue weighted by atomic mass is 10.2. The van der Waals surface area contributed by atoms with Gasteiger partial charge in [-0.2, -0.15) is 0 Å². The molecule has 0 radical (unpaired) electrons. The summed E-state index contributed by atoms with van der Waals surface area (Å²) in [5.74, 6) is -0.651. The number of anilines is 2. The van der Waals surface area contributed by atoms with Gasteiger partial charge in [-0.25, -0.2) is 4.90 Å². The van der Waals surface area contributed by atoms with E-state index in [4.69, 9.17) is 11.6 Å². The van der Waals surface area contributed by atoms with Crippen molar-refractivity contribution in [3.8, 4) is 0 Å². The van der Waals surface area contributed by atoms with Crippen LogP contribution in [0.4, 0.5) is 11.4 Å². The maximum Gasteiger partial charge on any atom is 0.247 e. The number of rotatable bonds is 5. The van der Waals surface area contributed by atoms with Crippen molar-refractivity contribution in [1.29, 1.82) is 0 Å². The van der Waals surface area contributed by atoms with E-state index in [2.05, 4.69) is 5.32 Å². The molecule has 1 fully saturated rings. The topological polar surface area (TPSA) is 66.5 Å². The Hall–Kier alpha value is -2.31. The van der Waals surface area contributed by atoms with E-state index in [0.717, 1.165) is 5.56 Å². The Labute approximate surface area is 160 Å². The van der Waals surface area contributed by atoms with Gasteiger partial charge < -0.3 is 5.32 Å². The van der Waals surface area contributed by atoms with Gasteiger partial charge in [-0.3, -0.25) is 14.4 Å². The van der Waals surface area contributed by atoms with E-state index in [1.54, 1.807) is 42.5 Å². The van der Waals surface area contributed by atoms with Crippen molar-refractivity contribution < 1.29 is 14.4 Å². The first-order valence-electron chi connectivity index (χ1n) is 8.05. The third-order valence-electron chi connectivity index (χ3n) is 4.00. The first kappa shape index (κ1) is 18.5. The van der Waals surface area contributed by atoms with Gasteiger partial charge in [-0.15, -0.1) is 11.8 Å². The number of hydrogen-bond acceptors (Lipinski definition) is 4. The summed E-state index contributed by atoms with van der Waals surface area (Å²) in [6.07, 6.45) is 0.103. The zero-order valence-electron chi connectivity index (χ0n) is 14.1. The normalized spacial score (nSPS) is 16.8. The van der Waals surface area contributed by atoms with E-state index < -0.39 is 5.25 Å². The number of aryl methyl sites for hydroxylation is 1. The van der Waals surface area contributed by atoms with Gasteiger partial charge in [0.05, 0.1) is 16.7 Å². The number of carbonyl (C=O) groups excluding carboxylic acids is 3. The molecule has 3 amide bonds. The molecule has 1 aliphatic heterocycles. The van der Waals surface area contributed by atoms with Crippen LogP contribution in [0.2, 0.25) is 5.02 Å². The minimum Gasteiger partial charge on any atom is -0.325 e. The third kappa shape index (κ3) is 4.08. The highest BCUT2D eigenvalue weighted by Crippen LogP contribution is 2.29. The molecule has 0 spiro atoms. The summed E-state index contributed by atoms with van der Waals surface area (Å²) in [4.78, 5) is 38.1.